The van der Waals surface area contributed by atoms with E-state index in [2.05, 4.69) is 22.5 Å². The van der Waals surface area contributed by atoms with Gasteiger partial charge in [-0.25, -0.2) is 4.39 Å². The SMILES string of the molecule is C=C(CBr)c1cc(F)ccc1N(C)C. The molecule has 0 spiro atoms. The number of anilines is 1. The van der Waals surface area contributed by atoms with Crippen LogP contribution in [-0.4, -0.2) is 19.4 Å². The van der Waals surface area contributed by atoms with Crippen molar-refractivity contribution in [3.8, 4) is 0 Å². The third-order valence-electron chi connectivity index (χ3n) is 1.98. The summed E-state index contributed by atoms with van der Waals surface area (Å²) in [4.78, 5) is 1.95. The van der Waals surface area contributed by atoms with Gasteiger partial charge < -0.3 is 4.90 Å². The van der Waals surface area contributed by atoms with Gasteiger partial charge in [0.05, 0.1) is 0 Å². The molecular weight excluding hydrogens is 245 g/mol. The lowest BCUT2D eigenvalue weighted by Crippen LogP contribution is -2.11. The maximum atomic E-state index is 13.0. The molecule has 0 amide bonds. The van der Waals surface area contributed by atoms with Crippen LogP contribution in [0.5, 0.6) is 0 Å². The molecule has 0 heterocycles. The van der Waals surface area contributed by atoms with E-state index in [4.69, 9.17) is 0 Å². The first-order valence-electron chi connectivity index (χ1n) is 4.27. The van der Waals surface area contributed by atoms with Crippen molar-refractivity contribution in [2.75, 3.05) is 24.3 Å². The first kappa shape index (κ1) is 11.2. The molecule has 0 saturated heterocycles. The second-order valence-corrected chi connectivity index (χ2v) is 3.85. The minimum atomic E-state index is -0.229. The number of benzene rings is 1. The first-order chi connectivity index (χ1) is 6.56. The summed E-state index contributed by atoms with van der Waals surface area (Å²) in [6, 6.07) is 4.73. The smallest absolute Gasteiger partial charge is 0.123 e. The summed E-state index contributed by atoms with van der Waals surface area (Å²) in [6.45, 7) is 3.89. The minimum absolute atomic E-state index is 0.229. The zero-order valence-corrected chi connectivity index (χ0v) is 9.94. The van der Waals surface area contributed by atoms with Crippen molar-refractivity contribution in [1.29, 1.82) is 0 Å². The maximum absolute atomic E-state index is 13.0. The fourth-order valence-corrected chi connectivity index (χ4v) is 1.56. The van der Waals surface area contributed by atoms with Gasteiger partial charge in [0.1, 0.15) is 5.82 Å². The Morgan fingerprint density at radius 1 is 1.50 bits per heavy atom. The number of nitrogens with zero attached hydrogens (tertiary/aromatic N) is 1. The van der Waals surface area contributed by atoms with E-state index in [0.717, 1.165) is 16.8 Å². The Kier molecular flexibility index (Phi) is 3.69. The number of halogens is 2. The van der Waals surface area contributed by atoms with Crippen LogP contribution in [-0.2, 0) is 0 Å². The summed E-state index contributed by atoms with van der Waals surface area (Å²) >= 11 is 3.32. The Hall–Kier alpha value is -0.830. The average molecular weight is 258 g/mol. The molecule has 0 unspecified atom stereocenters. The molecule has 14 heavy (non-hydrogen) atoms. The standard InChI is InChI=1S/C11H13BrFN/c1-8(7-12)10-6-9(13)4-5-11(10)14(2)3/h4-6H,1,7H2,2-3H3. The molecule has 0 radical (unpaired) electrons. The lowest BCUT2D eigenvalue weighted by atomic mass is 10.1. The molecule has 0 bridgehead atoms. The van der Waals surface area contributed by atoms with Crippen LogP contribution in [0, 0.1) is 5.82 Å². The maximum Gasteiger partial charge on any atom is 0.123 e. The second kappa shape index (κ2) is 4.60. The van der Waals surface area contributed by atoms with Gasteiger partial charge in [-0.05, 0) is 23.8 Å². The lowest BCUT2D eigenvalue weighted by Gasteiger charge is -2.18. The van der Waals surface area contributed by atoms with Crippen LogP contribution in [0.2, 0.25) is 0 Å². The van der Waals surface area contributed by atoms with Gasteiger partial charge >= 0.3 is 0 Å². The highest BCUT2D eigenvalue weighted by Crippen LogP contribution is 2.26. The summed E-state index contributed by atoms with van der Waals surface area (Å²) < 4.78 is 13.0. The Morgan fingerprint density at radius 3 is 2.64 bits per heavy atom. The highest BCUT2D eigenvalue weighted by atomic mass is 79.9. The third-order valence-corrected chi connectivity index (χ3v) is 2.66. The van der Waals surface area contributed by atoms with E-state index in [1.165, 1.54) is 12.1 Å². The van der Waals surface area contributed by atoms with Gasteiger partial charge in [0.2, 0.25) is 0 Å². The van der Waals surface area contributed by atoms with Crippen LogP contribution < -0.4 is 4.90 Å². The Labute approximate surface area is 92.4 Å². The predicted octanol–water partition coefficient (Wildman–Crippen LogP) is 3.30. The molecule has 1 nitrogen and oxygen atoms in total. The van der Waals surface area contributed by atoms with Crippen molar-refractivity contribution in [3.63, 3.8) is 0 Å². The molecule has 0 aromatic heterocycles. The summed E-state index contributed by atoms with van der Waals surface area (Å²) in [6.07, 6.45) is 0. The molecule has 0 atom stereocenters. The number of rotatable bonds is 3. The van der Waals surface area contributed by atoms with E-state index in [1.54, 1.807) is 6.07 Å². The van der Waals surface area contributed by atoms with Crippen LogP contribution in [0.15, 0.2) is 24.8 Å². The van der Waals surface area contributed by atoms with E-state index in [0.29, 0.717) is 5.33 Å². The molecule has 0 saturated carbocycles. The van der Waals surface area contributed by atoms with E-state index in [-0.39, 0.29) is 5.82 Å². The Balaban J connectivity index is 3.22. The monoisotopic (exact) mass is 257 g/mol. The van der Waals surface area contributed by atoms with Crippen molar-refractivity contribution in [1.82, 2.24) is 0 Å². The summed E-state index contributed by atoms with van der Waals surface area (Å²) in [5.41, 5.74) is 2.72. The molecule has 3 heteroatoms. The van der Waals surface area contributed by atoms with Gasteiger partial charge in [-0.15, -0.1) is 0 Å². The largest absolute Gasteiger partial charge is 0.377 e. The summed E-state index contributed by atoms with van der Waals surface area (Å²) in [5, 5.41) is 0.650. The topological polar surface area (TPSA) is 3.24 Å². The highest BCUT2D eigenvalue weighted by Gasteiger charge is 2.08. The molecule has 0 N–H and O–H groups in total. The minimum Gasteiger partial charge on any atom is -0.377 e. The van der Waals surface area contributed by atoms with Gasteiger partial charge in [0.15, 0.2) is 0 Å². The van der Waals surface area contributed by atoms with Crippen LogP contribution >= 0.6 is 15.9 Å². The predicted molar refractivity (Wildman–Crippen MR) is 63.6 cm³/mol. The summed E-state index contributed by atoms with van der Waals surface area (Å²) in [5.74, 6) is -0.229. The van der Waals surface area contributed by atoms with Gasteiger partial charge in [0, 0.05) is 30.7 Å². The van der Waals surface area contributed by atoms with Gasteiger partial charge in [-0.3, -0.25) is 0 Å². The fraction of sp³-hybridized carbons (Fsp3) is 0.273. The third kappa shape index (κ3) is 2.35. The molecule has 1 rings (SSSR count). The second-order valence-electron chi connectivity index (χ2n) is 3.29. The van der Waals surface area contributed by atoms with Crippen LogP contribution in [0.4, 0.5) is 10.1 Å². The number of allylic oxidation sites excluding steroid dienone is 1. The van der Waals surface area contributed by atoms with Gasteiger partial charge in [-0.1, -0.05) is 22.5 Å². The normalized spacial score (nSPS) is 10.0. The molecule has 1 aromatic rings. The van der Waals surface area contributed by atoms with Crippen molar-refractivity contribution < 1.29 is 4.39 Å². The van der Waals surface area contributed by atoms with Gasteiger partial charge in [-0.2, -0.15) is 0 Å². The van der Waals surface area contributed by atoms with Crippen molar-refractivity contribution in [2.45, 2.75) is 0 Å². The van der Waals surface area contributed by atoms with Crippen molar-refractivity contribution in [2.24, 2.45) is 0 Å². The van der Waals surface area contributed by atoms with Crippen LogP contribution in [0.1, 0.15) is 5.56 Å². The summed E-state index contributed by atoms with van der Waals surface area (Å²) in [7, 11) is 3.86. The van der Waals surface area contributed by atoms with E-state index < -0.39 is 0 Å². The van der Waals surface area contributed by atoms with Crippen LogP contribution in [0.3, 0.4) is 0 Å². The fourth-order valence-electron chi connectivity index (χ4n) is 1.25. The van der Waals surface area contributed by atoms with Crippen molar-refractivity contribution >= 4 is 27.2 Å². The molecule has 0 aliphatic heterocycles. The average Bonchev–Trinajstić information content (AvgIpc) is 2.16. The van der Waals surface area contributed by atoms with E-state index in [1.807, 2.05) is 19.0 Å². The molecule has 0 aliphatic carbocycles. The molecule has 0 fully saturated rings. The molecule has 0 aliphatic rings. The number of hydrogen-bond acceptors (Lipinski definition) is 1. The Bertz CT molecular complexity index is 347. The first-order valence-corrected chi connectivity index (χ1v) is 5.39. The highest BCUT2D eigenvalue weighted by molar-refractivity contribution is 9.09. The lowest BCUT2D eigenvalue weighted by molar-refractivity contribution is 0.627. The molecular formula is C11H13BrFN. The van der Waals surface area contributed by atoms with Crippen LogP contribution in [0.25, 0.3) is 5.57 Å². The zero-order valence-electron chi connectivity index (χ0n) is 8.35. The van der Waals surface area contributed by atoms with Crippen molar-refractivity contribution in [3.05, 3.63) is 36.2 Å². The van der Waals surface area contributed by atoms with Gasteiger partial charge in [0.25, 0.3) is 0 Å². The number of alkyl halides is 1. The molecule has 76 valence electrons. The van der Waals surface area contributed by atoms with E-state index in [9.17, 15) is 4.39 Å². The number of hydrogen-bond donors (Lipinski definition) is 0. The molecule has 1 aromatic carbocycles. The zero-order chi connectivity index (χ0) is 10.7. The Morgan fingerprint density at radius 2 is 2.14 bits per heavy atom. The quantitative estimate of drug-likeness (QED) is 0.752. The van der Waals surface area contributed by atoms with E-state index >= 15 is 0 Å².